The summed E-state index contributed by atoms with van der Waals surface area (Å²) < 4.78 is 13.8. The summed E-state index contributed by atoms with van der Waals surface area (Å²) >= 11 is 0. The summed E-state index contributed by atoms with van der Waals surface area (Å²) in [5.74, 6) is 0.0971. The number of anilines is 2. The molecule has 2 aromatic rings. The lowest BCUT2D eigenvalue weighted by atomic mass is 10.2. The maximum atomic E-state index is 13.8. The first kappa shape index (κ1) is 16.3. The number of hydrogen-bond acceptors (Lipinski definition) is 5. The molecule has 3 rings (SSSR count). The van der Waals surface area contributed by atoms with Crippen molar-refractivity contribution in [2.45, 2.75) is 6.92 Å². The highest BCUT2D eigenvalue weighted by Gasteiger charge is 2.20. The van der Waals surface area contributed by atoms with Crippen molar-refractivity contribution in [3.05, 3.63) is 48.0 Å². The summed E-state index contributed by atoms with van der Waals surface area (Å²) in [5.41, 5.74) is 1.05. The fourth-order valence-electron chi connectivity index (χ4n) is 2.67. The van der Waals surface area contributed by atoms with Crippen molar-refractivity contribution >= 4 is 17.5 Å². The SMILES string of the molecule is Cc1ccc(NC(=O)CN2CCN(c3ncccn3)CC2)c(F)c1. The number of halogens is 1. The van der Waals surface area contributed by atoms with Gasteiger partial charge >= 0.3 is 0 Å². The van der Waals surface area contributed by atoms with E-state index in [0.717, 1.165) is 31.7 Å². The molecule has 1 aromatic carbocycles. The zero-order valence-electron chi connectivity index (χ0n) is 13.6. The molecule has 1 aliphatic heterocycles. The first-order valence-electron chi connectivity index (χ1n) is 7.92. The second-order valence-corrected chi connectivity index (χ2v) is 5.84. The standard InChI is InChI=1S/C17H20FN5O/c1-13-3-4-15(14(18)11-13)21-16(24)12-22-7-9-23(10-8-22)17-19-5-2-6-20-17/h2-6,11H,7-10,12H2,1H3,(H,21,24). The van der Waals surface area contributed by atoms with Crippen molar-refractivity contribution < 1.29 is 9.18 Å². The summed E-state index contributed by atoms with van der Waals surface area (Å²) in [5, 5.41) is 2.63. The lowest BCUT2D eigenvalue weighted by Crippen LogP contribution is -2.49. The fraction of sp³-hybridized carbons (Fsp3) is 0.353. The van der Waals surface area contributed by atoms with Crippen LogP contribution in [0.3, 0.4) is 0 Å². The maximum absolute atomic E-state index is 13.8. The highest BCUT2D eigenvalue weighted by molar-refractivity contribution is 5.92. The average Bonchev–Trinajstić information content (AvgIpc) is 2.59. The van der Waals surface area contributed by atoms with Crippen molar-refractivity contribution in [2.24, 2.45) is 0 Å². The van der Waals surface area contributed by atoms with E-state index in [9.17, 15) is 9.18 Å². The van der Waals surface area contributed by atoms with Crippen LogP contribution in [0, 0.1) is 12.7 Å². The number of aryl methyl sites for hydroxylation is 1. The summed E-state index contributed by atoms with van der Waals surface area (Å²) in [6.07, 6.45) is 3.44. The van der Waals surface area contributed by atoms with Crippen molar-refractivity contribution in [1.29, 1.82) is 0 Å². The topological polar surface area (TPSA) is 61.4 Å². The Morgan fingerprint density at radius 3 is 2.58 bits per heavy atom. The minimum absolute atomic E-state index is 0.206. The van der Waals surface area contributed by atoms with Gasteiger partial charge in [-0.3, -0.25) is 9.69 Å². The summed E-state index contributed by atoms with van der Waals surface area (Å²) in [4.78, 5) is 24.7. The number of amides is 1. The average molecular weight is 329 g/mol. The second kappa shape index (κ2) is 7.35. The van der Waals surface area contributed by atoms with Gasteiger partial charge < -0.3 is 10.2 Å². The summed E-state index contributed by atoms with van der Waals surface area (Å²) in [6, 6.07) is 6.56. The Kier molecular flexibility index (Phi) is 5.00. The zero-order chi connectivity index (χ0) is 16.9. The molecule has 2 heterocycles. The van der Waals surface area contributed by atoms with E-state index in [2.05, 4.69) is 20.2 Å². The molecule has 0 unspecified atom stereocenters. The second-order valence-electron chi connectivity index (χ2n) is 5.84. The van der Waals surface area contributed by atoms with Crippen LogP contribution in [0.25, 0.3) is 0 Å². The Hall–Kier alpha value is -2.54. The number of benzene rings is 1. The molecule has 0 radical (unpaired) electrons. The number of carbonyl (C=O) groups excluding carboxylic acids is 1. The minimum atomic E-state index is -0.408. The van der Waals surface area contributed by atoms with Crippen LogP contribution in [0.4, 0.5) is 16.0 Å². The van der Waals surface area contributed by atoms with Gasteiger partial charge in [-0.15, -0.1) is 0 Å². The van der Waals surface area contributed by atoms with Crippen LogP contribution in [0.5, 0.6) is 0 Å². The monoisotopic (exact) mass is 329 g/mol. The van der Waals surface area contributed by atoms with E-state index >= 15 is 0 Å². The highest BCUT2D eigenvalue weighted by atomic mass is 19.1. The molecular weight excluding hydrogens is 309 g/mol. The quantitative estimate of drug-likeness (QED) is 0.925. The Bertz CT molecular complexity index is 701. The van der Waals surface area contributed by atoms with E-state index in [4.69, 9.17) is 0 Å². The predicted molar refractivity (Wildman–Crippen MR) is 90.5 cm³/mol. The van der Waals surface area contributed by atoms with Crippen molar-refractivity contribution in [3.8, 4) is 0 Å². The molecule has 1 amide bonds. The van der Waals surface area contributed by atoms with E-state index in [-0.39, 0.29) is 18.1 Å². The van der Waals surface area contributed by atoms with Crippen molar-refractivity contribution in [3.63, 3.8) is 0 Å². The van der Waals surface area contributed by atoms with Gasteiger partial charge in [-0.1, -0.05) is 6.07 Å². The van der Waals surface area contributed by atoms with Gasteiger partial charge in [0, 0.05) is 38.6 Å². The van der Waals surface area contributed by atoms with Gasteiger partial charge in [-0.05, 0) is 30.7 Å². The van der Waals surface area contributed by atoms with Crippen molar-refractivity contribution in [2.75, 3.05) is 42.9 Å². The van der Waals surface area contributed by atoms with Crippen molar-refractivity contribution in [1.82, 2.24) is 14.9 Å². The van der Waals surface area contributed by atoms with E-state index < -0.39 is 5.82 Å². The normalized spacial score (nSPS) is 15.3. The molecule has 1 fully saturated rings. The predicted octanol–water partition coefficient (Wildman–Crippen LogP) is 1.68. The Morgan fingerprint density at radius 2 is 1.92 bits per heavy atom. The highest BCUT2D eigenvalue weighted by Crippen LogP contribution is 2.15. The third-order valence-electron chi connectivity index (χ3n) is 3.97. The minimum Gasteiger partial charge on any atom is -0.338 e. The van der Waals surface area contributed by atoms with Crippen LogP contribution in [0.1, 0.15) is 5.56 Å². The first-order valence-corrected chi connectivity index (χ1v) is 7.92. The van der Waals surface area contributed by atoms with Crippen LogP contribution in [-0.2, 0) is 4.79 Å². The van der Waals surface area contributed by atoms with Gasteiger partial charge in [-0.25, -0.2) is 14.4 Å². The number of aromatic nitrogens is 2. The number of nitrogens with one attached hydrogen (secondary N) is 1. The molecule has 6 nitrogen and oxygen atoms in total. The van der Waals surface area contributed by atoms with E-state index in [1.807, 2.05) is 11.8 Å². The van der Waals surface area contributed by atoms with E-state index in [0.29, 0.717) is 5.95 Å². The lowest BCUT2D eigenvalue weighted by molar-refractivity contribution is -0.117. The number of piperazine rings is 1. The third-order valence-corrected chi connectivity index (χ3v) is 3.97. The molecule has 1 saturated heterocycles. The molecule has 0 saturated carbocycles. The van der Waals surface area contributed by atoms with Gasteiger partial charge in [-0.2, -0.15) is 0 Å². The molecule has 1 aromatic heterocycles. The van der Waals surface area contributed by atoms with E-state index in [1.54, 1.807) is 30.6 Å². The molecule has 126 valence electrons. The van der Waals surface area contributed by atoms with E-state index in [1.165, 1.54) is 6.07 Å². The Balaban J connectivity index is 1.50. The maximum Gasteiger partial charge on any atom is 0.238 e. The number of nitrogens with zero attached hydrogens (tertiary/aromatic N) is 4. The number of carbonyl (C=O) groups is 1. The molecule has 7 heteroatoms. The first-order chi connectivity index (χ1) is 11.6. The summed E-state index contributed by atoms with van der Waals surface area (Å²) in [7, 11) is 0. The third kappa shape index (κ3) is 4.05. The number of hydrogen-bond donors (Lipinski definition) is 1. The largest absolute Gasteiger partial charge is 0.338 e. The molecular formula is C17H20FN5O. The molecule has 1 aliphatic rings. The lowest BCUT2D eigenvalue weighted by Gasteiger charge is -2.34. The van der Waals surface area contributed by atoms with Crippen LogP contribution < -0.4 is 10.2 Å². The molecule has 0 atom stereocenters. The van der Waals surface area contributed by atoms with Gasteiger partial charge in [0.15, 0.2) is 0 Å². The van der Waals surface area contributed by atoms with Gasteiger partial charge in [0.25, 0.3) is 0 Å². The van der Waals surface area contributed by atoms with Crippen LogP contribution in [0.15, 0.2) is 36.7 Å². The molecule has 0 spiro atoms. The van der Waals surface area contributed by atoms with Gasteiger partial charge in [0.2, 0.25) is 11.9 Å². The molecule has 0 bridgehead atoms. The van der Waals surface area contributed by atoms with Gasteiger partial charge in [0.1, 0.15) is 5.82 Å². The summed E-state index contributed by atoms with van der Waals surface area (Å²) in [6.45, 7) is 5.05. The zero-order valence-corrected chi connectivity index (χ0v) is 13.6. The molecule has 0 aliphatic carbocycles. The van der Waals surface area contributed by atoms with Gasteiger partial charge in [0.05, 0.1) is 12.2 Å². The van der Waals surface area contributed by atoms with Crippen LogP contribution in [-0.4, -0.2) is 53.5 Å². The Morgan fingerprint density at radius 1 is 1.21 bits per heavy atom. The van der Waals surface area contributed by atoms with Crippen LogP contribution in [0.2, 0.25) is 0 Å². The number of rotatable bonds is 4. The van der Waals surface area contributed by atoms with Crippen LogP contribution >= 0.6 is 0 Å². The molecule has 1 N–H and O–H groups in total. The smallest absolute Gasteiger partial charge is 0.238 e. The fourth-order valence-corrected chi connectivity index (χ4v) is 2.67. The Labute approximate surface area is 140 Å². The molecule has 24 heavy (non-hydrogen) atoms.